The molecule has 1 fully saturated rings. The van der Waals surface area contributed by atoms with Gasteiger partial charge in [-0.3, -0.25) is 0 Å². The normalized spacial score (nSPS) is 29.8. The van der Waals surface area contributed by atoms with E-state index in [-0.39, 0.29) is 6.04 Å². The van der Waals surface area contributed by atoms with E-state index < -0.39 is 30.0 Å². The first-order valence-electron chi connectivity index (χ1n) is 5.89. The summed E-state index contributed by atoms with van der Waals surface area (Å²) in [7, 11) is -2.90. The minimum Gasteiger partial charge on any atom is -0.455 e. The van der Waals surface area contributed by atoms with E-state index in [1.807, 2.05) is 6.55 Å². The predicted molar refractivity (Wildman–Crippen MR) is 63.3 cm³/mol. The van der Waals surface area contributed by atoms with Crippen molar-refractivity contribution in [2.75, 3.05) is 0 Å². The van der Waals surface area contributed by atoms with Gasteiger partial charge in [0.15, 0.2) is 17.4 Å². The largest absolute Gasteiger partial charge is 0.455 e. The molecule has 95 valence electrons. The average molecular weight is 269 g/mol. The smallest absolute Gasteiger partial charge is 0.388 e. The number of hydrogen-bond donors (Lipinski definition) is 0. The molecular weight excluding hydrogens is 249 g/mol. The topological polar surface area (TPSA) is 9.23 Å². The molecule has 0 spiro atoms. The second kappa shape index (κ2) is 5.68. The Labute approximate surface area is 98.2 Å². The first-order valence-corrected chi connectivity index (χ1v) is 10.8. The molecule has 0 aromatic carbocycles. The van der Waals surface area contributed by atoms with E-state index in [0.29, 0.717) is 0 Å². The predicted octanol–water partition coefficient (Wildman–Crippen LogP) is 4.34. The van der Waals surface area contributed by atoms with Crippen LogP contribution in [0.5, 0.6) is 0 Å². The van der Waals surface area contributed by atoms with Gasteiger partial charge in [0.05, 0.1) is 0 Å². The van der Waals surface area contributed by atoms with Crippen LogP contribution in [0.2, 0.25) is 31.2 Å². The molecule has 1 saturated heterocycles. The maximum Gasteiger partial charge on any atom is 0.388 e. The molecule has 0 N–H and O–H groups in total. The summed E-state index contributed by atoms with van der Waals surface area (Å²) < 4.78 is 42.7. The highest BCUT2D eigenvalue weighted by Gasteiger charge is 2.37. The van der Waals surface area contributed by atoms with Gasteiger partial charge in [-0.15, -0.1) is 0 Å². The summed E-state index contributed by atoms with van der Waals surface area (Å²) in [5, 5.41) is 0. The number of hydrogen-bond acceptors (Lipinski definition) is 1. The van der Waals surface area contributed by atoms with Gasteiger partial charge in [-0.05, 0) is 31.2 Å². The molecule has 1 aliphatic rings. The molecule has 0 amide bonds. The molecule has 0 bridgehead atoms. The Kier molecular flexibility index (Phi) is 5.06. The van der Waals surface area contributed by atoms with Crippen molar-refractivity contribution in [3.63, 3.8) is 0 Å². The van der Waals surface area contributed by atoms with E-state index in [9.17, 15) is 13.2 Å². The third kappa shape index (κ3) is 5.49. The summed E-state index contributed by atoms with van der Waals surface area (Å²) in [6.45, 7) is 4.08. The molecule has 1 heterocycles. The SMILES string of the molecule is C[Si]1CCCCC[Si](C)(CCC(F)(F)F)O1. The summed E-state index contributed by atoms with van der Waals surface area (Å²) in [4.78, 5) is 0. The zero-order valence-electron chi connectivity index (χ0n) is 9.99. The molecule has 16 heavy (non-hydrogen) atoms. The number of halogens is 3. The van der Waals surface area contributed by atoms with Crippen LogP contribution in [0.1, 0.15) is 25.7 Å². The second-order valence-corrected chi connectivity index (χ2v) is 11.6. The van der Waals surface area contributed by atoms with Crippen LogP contribution in [-0.4, -0.2) is 23.5 Å². The molecule has 0 aliphatic carbocycles. The Hall–Kier alpha value is 0.184. The highest BCUT2D eigenvalue weighted by Crippen LogP contribution is 2.32. The van der Waals surface area contributed by atoms with E-state index in [1.54, 1.807) is 0 Å². The minimum absolute atomic E-state index is 0.249. The standard InChI is InChI=1S/C10H20F3OSi2/c1-15-7-4-3-5-8-16(2,14-15)9-6-10(11,12)13/h3-9H2,1-2H3. The Morgan fingerprint density at radius 3 is 2.56 bits per heavy atom. The van der Waals surface area contributed by atoms with Crippen LogP contribution in [0.3, 0.4) is 0 Å². The fourth-order valence-electron chi connectivity index (χ4n) is 2.15. The molecule has 0 aromatic rings. The van der Waals surface area contributed by atoms with Crippen molar-refractivity contribution in [3.05, 3.63) is 0 Å². The van der Waals surface area contributed by atoms with Crippen molar-refractivity contribution in [1.29, 1.82) is 0 Å². The summed E-state index contributed by atoms with van der Waals surface area (Å²) in [6.07, 6.45) is -1.28. The van der Waals surface area contributed by atoms with Crippen molar-refractivity contribution in [2.45, 2.75) is 63.1 Å². The number of alkyl halides is 3. The monoisotopic (exact) mass is 269 g/mol. The van der Waals surface area contributed by atoms with E-state index >= 15 is 0 Å². The molecule has 1 unspecified atom stereocenters. The zero-order valence-corrected chi connectivity index (χ0v) is 12.0. The maximum atomic E-state index is 12.2. The third-order valence-electron chi connectivity index (χ3n) is 3.09. The van der Waals surface area contributed by atoms with Crippen LogP contribution in [0.4, 0.5) is 13.2 Å². The van der Waals surface area contributed by atoms with Gasteiger partial charge in [0, 0.05) is 6.42 Å². The molecular formula is C10H20F3OSi2. The van der Waals surface area contributed by atoms with Gasteiger partial charge in [0.2, 0.25) is 0 Å². The Bertz CT molecular complexity index is 223. The van der Waals surface area contributed by atoms with E-state index in [2.05, 4.69) is 6.55 Å². The van der Waals surface area contributed by atoms with Crippen LogP contribution >= 0.6 is 0 Å². The summed E-state index contributed by atoms with van der Waals surface area (Å²) in [5.41, 5.74) is 0. The molecule has 1 atom stereocenters. The minimum atomic E-state index is -4.03. The van der Waals surface area contributed by atoms with Gasteiger partial charge in [-0.25, -0.2) is 0 Å². The first kappa shape index (κ1) is 14.2. The van der Waals surface area contributed by atoms with Crippen molar-refractivity contribution < 1.29 is 17.3 Å². The first-order chi connectivity index (χ1) is 7.31. The van der Waals surface area contributed by atoms with E-state index in [1.165, 1.54) is 12.8 Å². The van der Waals surface area contributed by atoms with Gasteiger partial charge in [0.25, 0.3) is 0 Å². The molecule has 0 saturated carbocycles. The van der Waals surface area contributed by atoms with Gasteiger partial charge < -0.3 is 4.12 Å². The lowest BCUT2D eigenvalue weighted by molar-refractivity contribution is -0.131. The van der Waals surface area contributed by atoms with E-state index in [4.69, 9.17) is 4.12 Å². The van der Waals surface area contributed by atoms with Crippen LogP contribution in [0.25, 0.3) is 0 Å². The molecule has 0 aromatic heterocycles. The number of rotatable bonds is 2. The van der Waals surface area contributed by atoms with Gasteiger partial charge in [0.1, 0.15) is 0 Å². The van der Waals surface area contributed by atoms with Crippen LogP contribution in [-0.2, 0) is 4.12 Å². The lowest BCUT2D eigenvalue weighted by Gasteiger charge is -2.33. The molecule has 6 heteroatoms. The van der Waals surface area contributed by atoms with Gasteiger partial charge in [-0.1, -0.05) is 19.3 Å². The fraction of sp³-hybridized carbons (Fsp3) is 1.00. The summed E-state index contributed by atoms with van der Waals surface area (Å²) >= 11 is 0. The van der Waals surface area contributed by atoms with Crippen molar-refractivity contribution >= 4 is 17.4 Å². The lowest BCUT2D eigenvalue weighted by atomic mass is 10.3. The quantitative estimate of drug-likeness (QED) is 0.678. The van der Waals surface area contributed by atoms with Crippen LogP contribution < -0.4 is 0 Å². The maximum absolute atomic E-state index is 12.2. The highest BCUT2D eigenvalue weighted by atomic mass is 28.4. The molecule has 1 rings (SSSR count). The van der Waals surface area contributed by atoms with Crippen molar-refractivity contribution in [1.82, 2.24) is 0 Å². The third-order valence-corrected chi connectivity index (χ3v) is 10.2. The molecule has 1 nitrogen and oxygen atoms in total. The van der Waals surface area contributed by atoms with Crippen molar-refractivity contribution in [2.24, 2.45) is 0 Å². The Morgan fingerprint density at radius 2 is 1.94 bits per heavy atom. The van der Waals surface area contributed by atoms with Crippen LogP contribution in [0.15, 0.2) is 0 Å². The van der Waals surface area contributed by atoms with Gasteiger partial charge >= 0.3 is 6.18 Å². The van der Waals surface area contributed by atoms with E-state index in [0.717, 1.165) is 18.5 Å². The lowest BCUT2D eigenvalue weighted by Crippen LogP contribution is -2.41. The summed E-state index contributed by atoms with van der Waals surface area (Å²) in [6, 6.07) is 2.25. The zero-order chi connectivity index (χ0) is 12.2. The van der Waals surface area contributed by atoms with Crippen LogP contribution in [0, 0.1) is 0 Å². The fourth-order valence-corrected chi connectivity index (χ4v) is 9.55. The average Bonchev–Trinajstić information content (AvgIpc) is 2.11. The molecule has 1 radical (unpaired) electrons. The van der Waals surface area contributed by atoms with Gasteiger partial charge in [-0.2, -0.15) is 13.2 Å². The Morgan fingerprint density at radius 1 is 1.25 bits per heavy atom. The molecule has 1 aliphatic heterocycles. The summed E-state index contributed by atoms with van der Waals surface area (Å²) in [5.74, 6) is 0. The Balaban J connectivity index is 2.50. The van der Waals surface area contributed by atoms with Crippen molar-refractivity contribution in [3.8, 4) is 0 Å². The highest BCUT2D eigenvalue weighted by molar-refractivity contribution is 6.79. The second-order valence-electron chi connectivity index (χ2n) is 4.93.